The largest absolute Gasteiger partial charge is 0.360 e. The van der Waals surface area contributed by atoms with E-state index in [0.29, 0.717) is 22.2 Å². The third-order valence-electron chi connectivity index (χ3n) is 3.31. The lowest BCUT2D eigenvalue weighted by Crippen LogP contribution is -2.22. The molecule has 3 aromatic rings. The number of fused-ring (bicyclic) bond motifs is 1. The van der Waals surface area contributed by atoms with Crippen molar-refractivity contribution in [2.75, 3.05) is 5.32 Å². The lowest BCUT2D eigenvalue weighted by atomic mass is 10.1. The topological polar surface area (TPSA) is 85.8 Å². The first kappa shape index (κ1) is 13.6. The van der Waals surface area contributed by atoms with Crippen LogP contribution in [0.4, 0.5) is 5.69 Å². The fraction of sp³-hybridized carbons (Fsp3) is 0. The molecule has 0 aliphatic carbocycles. The van der Waals surface area contributed by atoms with Crippen molar-refractivity contribution < 1.29 is 9.59 Å². The summed E-state index contributed by atoms with van der Waals surface area (Å²) < 4.78 is 0. The second-order valence-electron chi connectivity index (χ2n) is 4.72. The van der Waals surface area contributed by atoms with Crippen LogP contribution in [0.5, 0.6) is 0 Å². The summed E-state index contributed by atoms with van der Waals surface area (Å²) in [5, 5.41) is 12.0. The number of para-hydroxylation sites is 1. The Hall–Kier alpha value is -3.39. The van der Waals surface area contributed by atoms with E-state index in [-0.39, 0.29) is 0 Å². The Kier molecular flexibility index (Phi) is 3.42. The number of hydrogen-bond donors (Lipinski definition) is 2. The van der Waals surface area contributed by atoms with Crippen LogP contribution in [0.2, 0.25) is 0 Å². The van der Waals surface area contributed by atoms with Crippen LogP contribution in [0.15, 0.2) is 54.7 Å². The van der Waals surface area contributed by atoms with Crippen LogP contribution in [-0.4, -0.2) is 16.7 Å². The molecule has 22 heavy (non-hydrogen) atoms. The van der Waals surface area contributed by atoms with E-state index < -0.39 is 11.7 Å². The van der Waals surface area contributed by atoms with Gasteiger partial charge in [-0.15, -0.1) is 0 Å². The summed E-state index contributed by atoms with van der Waals surface area (Å²) in [6.45, 7) is 0. The van der Waals surface area contributed by atoms with Gasteiger partial charge in [0, 0.05) is 22.8 Å². The van der Waals surface area contributed by atoms with E-state index in [2.05, 4.69) is 10.3 Å². The molecule has 0 atom stereocenters. The lowest BCUT2D eigenvalue weighted by Gasteiger charge is -2.04. The highest BCUT2D eigenvalue weighted by molar-refractivity contribution is 6.48. The molecule has 0 bridgehead atoms. The predicted octanol–water partition coefficient (Wildman–Crippen LogP) is 2.86. The van der Waals surface area contributed by atoms with Crippen LogP contribution in [0.1, 0.15) is 15.9 Å². The first-order chi connectivity index (χ1) is 10.7. The molecule has 1 aromatic heterocycles. The third-order valence-corrected chi connectivity index (χ3v) is 3.31. The molecule has 0 saturated heterocycles. The number of anilines is 1. The van der Waals surface area contributed by atoms with Gasteiger partial charge in [-0.2, -0.15) is 5.26 Å². The normalized spacial score (nSPS) is 10.1. The smallest absolute Gasteiger partial charge is 0.296 e. The minimum Gasteiger partial charge on any atom is -0.360 e. The van der Waals surface area contributed by atoms with E-state index in [0.717, 1.165) is 5.52 Å². The maximum atomic E-state index is 12.3. The molecule has 0 radical (unpaired) electrons. The first-order valence-electron chi connectivity index (χ1n) is 6.61. The number of carbonyl (C=O) groups excluding carboxylic acids is 2. The van der Waals surface area contributed by atoms with Gasteiger partial charge in [-0.05, 0) is 30.3 Å². The molecule has 2 N–H and O–H groups in total. The number of benzene rings is 2. The molecule has 5 nitrogen and oxygen atoms in total. The van der Waals surface area contributed by atoms with Crippen LogP contribution in [-0.2, 0) is 4.79 Å². The lowest BCUT2D eigenvalue weighted by molar-refractivity contribution is -0.112. The van der Waals surface area contributed by atoms with Crippen molar-refractivity contribution in [3.8, 4) is 6.07 Å². The van der Waals surface area contributed by atoms with Crippen molar-refractivity contribution in [2.24, 2.45) is 0 Å². The average Bonchev–Trinajstić information content (AvgIpc) is 2.99. The van der Waals surface area contributed by atoms with Crippen LogP contribution >= 0.6 is 0 Å². The Balaban J connectivity index is 1.82. The van der Waals surface area contributed by atoms with Crippen molar-refractivity contribution in [1.82, 2.24) is 4.98 Å². The van der Waals surface area contributed by atoms with Crippen molar-refractivity contribution in [3.05, 3.63) is 65.9 Å². The Bertz CT molecular complexity index is 902. The molecule has 5 heteroatoms. The molecule has 0 fully saturated rings. The zero-order valence-corrected chi connectivity index (χ0v) is 11.5. The second-order valence-corrected chi connectivity index (χ2v) is 4.72. The van der Waals surface area contributed by atoms with Crippen LogP contribution in [0, 0.1) is 11.3 Å². The standard InChI is InChI=1S/C17H11N3O2/c18-9-11-5-7-12(8-6-11)20-17(22)16(21)14-10-19-15-4-2-1-3-13(14)15/h1-8,10,19H,(H,20,22). The van der Waals surface area contributed by atoms with Gasteiger partial charge in [0.05, 0.1) is 17.2 Å². The number of ketones is 1. The third kappa shape index (κ3) is 2.45. The van der Waals surface area contributed by atoms with Gasteiger partial charge in [0.2, 0.25) is 0 Å². The Labute approximate surface area is 126 Å². The van der Waals surface area contributed by atoms with Crippen LogP contribution in [0.25, 0.3) is 10.9 Å². The van der Waals surface area contributed by atoms with Gasteiger partial charge in [-0.25, -0.2) is 0 Å². The van der Waals surface area contributed by atoms with Crippen molar-refractivity contribution in [2.45, 2.75) is 0 Å². The number of nitrogens with one attached hydrogen (secondary N) is 2. The Morgan fingerprint density at radius 3 is 2.50 bits per heavy atom. The maximum Gasteiger partial charge on any atom is 0.296 e. The van der Waals surface area contributed by atoms with E-state index in [9.17, 15) is 9.59 Å². The summed E-state index contributed by atoms with van der Waals surface area (Å²) in [4.78, 5) is 27.3. The van der Waals surface area contributed by atoms with Gasteiger partial charge in [0.25, 0.3) is 11.7 Å². The van der Waals surface area contributed by atoms with Crippen LogP contribution < -0.4 is 5.32 Å². The molecule has 0 unspecified atom stereocenters. The molecule has 2 aromatic carbocycles. The molecule has 106 valence electrons. The number of carbonyl (C=O) groups is 2. The van der Waals surface area contributed by atoms with Crippen molar-refractivity contribution in [1.29, 1.82) is 5.26 Å². The molecule has 1 heterocycles. The highest BCUT2D eigenvalue weighted by Gasteiger charge is 2.19. The quantitative estimate of drug-likeness (QED) is 0.574. The molecule has 0 aliphatic heterocycles. The maximum absolute atomic E-state index is 12.3. The summed E-state index contributed by atoms with van der Waals surface area (Å²) in [5.41, 5.74) is 2.09. The van der Waals surface area contributed by atoms with Crippen molar-refractivity contribution >= 4 is 28.3 Å². The Morgan fingerprint density at radius 2 is 1.77 bits per heavy atom. The van der Waals surface area contributed by atoms with Gasteiger partial charge in [0.1, 0.15) is 0 Å². The van der Waals surface area contributed by atoms with E-state index in [1.54, 1.807) is 30.3 Å². The van der Waals surface area contributed by atoms with E-state index in [1.807, 2.05) is 24.3 Å². The Morgan fingerprint density at radius 1 is 1.05 bits per heavy atom. The number of hydrogen-bond acceptors (Lipinski definition) is 3. The average molecular weight is 289 g/mol. The minimum absolute atomic E-state index is 0.335. The number of nitrogens with zero attached hydrogens (tertiary/aromatic N) is 1. The number of aromatic nitrogens is 1. The van der Waals surface area contributed by atoms with Gasteiger partial charge in [-0.3, -0.25) is 9.59 Å². The molecular weight excluding hydrogens is 278 g/mol. The van der Waals surface area contributed by atoms with Crippen molar-refractivity contribution in [3.63, 3.8) is 0 Å². The van der Waals surface area contributed by atoms with Crippen LogP contribution in [0.3, 0.4) is 0 Å². The number of Topliss-reactive ketones (excluding diaryl/α,β-unsaturated/α-hetero) is 1. The molecule has 1 amide bonds. The van der Waals surface area contributed by atoms with Gasteiger partial charge in [0.15, 0.2) is 0 Å². The minimum atomic E-state index is -0.713. The monoisotopic (exact) mass is 289 g/mol. The van der Waals surface area contributed by atoms with E-state index in [4.69, 9.17) is 5.26 Å². The summed E-state index contributed by atoms with van der Waals surface area (Å²) in [6, 6.07) is 15.6. The number of aromatic amines is 1. The predicted molar refractivity (Wildman–Crippen MR) is 82.4 cm³/mol. The second kappa shape index (κ2) is 5.54. The highest BCUT2D eigenvalue weighted by Crippen LogP contribution is 2.19. The number of rotatable bonds is 3. The van der Waals surface area contributed by atoms with E-state index in [1.165, 1.54) is 6.20 Å². The first-order valence-corrected chi connectivity index (χ1v) is 6.61. The highest BCUT2D eigenvalue weighted by atomic mass is 16.2. The molecule has 3 rings (SSSR count). The molecule has 0 spiro atoms. The number of nitriles is 1. The van der Waals surface area contributed by atoms with Gasteiger partial charge < -0.3 is 10.3 Å². The molecular formula is C17H11N3O2. The fourth-order valence-electron chi connectivity index (χ4n) is 2.20. The van der Waals surface area contributed by atoms with E-state index >= 15 is 0 Å². The summed E-state index contributed by atoms with van der Waals surface area (Å²) >= 11 is 0. The van der Waals surface area contributed by atoms with Gasteiger partial charge >= 0.3 is 0 Å². The zero-order chi connectivity index (χ0) is 15.5. The number of amides is 1. The number of H-pyrrole nitrogens is 1. The summed E-state index contributed by atoms with van der Waals surface area (Å²) in [6.07, 6.45) is 1.53. The summed E-state index contributed by atoms with van der Waals surface area (Å²) in [7, 11) is 0. The summed E-state index contributed by atoms with van der Waals surface area (Å²) in [5.74, 6) is -1.32. The molecule has 0 aliphatic rings. The fourth-order valence-corrected chi connectivity index (χ4v) is 2.20. The SMILES string of the molecule is N#Cc1ccc(NC(=O)C(=O)c2c[nH]c3ccccc23)cc1. The molecule has 0 saturated carbocycles. The van der Waals surface area contributed by atoms with Gasteiger partial charge in [-0.1, -0.05) is 18.2 Å². The zero-order valence-electron chi connectivity index (χ0n) is 11.5.